The van der Waals surface area contributed by atoms with Gasteiger partial charge >= 0.3 is 0 Å². The highest BCUT2D eigenvalue weighted by Gasteiger charge is 2.14. The van der Waals surface area contributed by atoms with Crippen molar-refractivity contribution in [2.45, 2.75) is 19.3 Å². The highest BCUT2D eigenvalue weighted by atomic mass is 35.5. The van der Waals surface area contributed by atoms with Crippen molar-refractivity contribution in [1.82, 2.24) is 9.97 Å². The van der Waals surface area contributed by atoms with Gasteiger partial charge in [0, 0.05) is 24.8 Å². The molecule has 0 bridgehead atoms. The van der Waals surface area contributed by atoms with Crippen LogP contribution in [-0.2, 0) is 0 Å². The first-order valence-electron chi connectivity index (χ1n) is 6.93. The maximum absolute atomic E-state index is 6.05. The van der Waals surface area contributed by atoms with E-state index < -0.39 is 0 Å². The second-order valence-corrected chi connectivity index (χ2v) is 5.26. The lowest BCUT2D eigenvalue weighted by Crippen LogP contribution is -2.30. The molecule has 20 heavy (non-hydrogen) atoms. The van der Waals surface area contributed by atoms with Crippen LogP contribution in [0.15, 0.2) is 36.4 Å². The Kier molecular flexibility index (Phi) is 4.02. The fourth-order valence-electron chi connectivity index (χ4n) is 2.42. The number of para-hydroxylation sites is 1. The third-order valence-corrected chi connectivity index (χ3v) is 3.58. The average molecular weight is 289 g/mol. The molecule has 1 saturated heterocycles. The minimum atomic E-state index is 0.284. The molecule has 0 saturated carbocycles. The number of benzene rings is 1. The molecule has 1 aliphatic rings. The first-order valence-corrected chi connectivity index (χ1v) is 7.31. The third kappa shape index (κ3) is 3.20. The molecular weight excluding hydrogens is 272 g/mol. The first-order chi connectivity index (χ1) is 9.81. The molecule has 0 spiro atoms. The first kappa shape index (κ1) is 13.2. The number of hydrogen-bond donors (Lipinski definition) is 1. The maximum Gasteiger partial charge on any atom is 0.226 e. The molecule has 1 fully saturated rings. The van der Waals surface area contributed by atoms with Gasteiger partial charge in [0.1, 0.15) is 11.6 Å². The molecule has 2 aromatic rings. The topological polar surface area (TPSA) is 41.1 Å². The summed E-state index contributed by atoms with van der Waals surface area (Å²) in [6.07, 6.45) is 3.72. The standard InChI is InChI=1S/C15H17ClN4/c16-15-18-13(17-12-7-3-1-4-8-12)11-14(19-15)20-9-5-2-6-10-20/h1,3-4,7-8,11H,2,5-6,9-10H2,(H,17,18,19). The van der Waals surface area contributed by atoms with Gasteiger partial charge in [0.05, 0.1) is 0 Å². The molecule has 1 aromatic heterocycles. The summed E-state index contributed by atoms with van der Waals surface area (Å²) < 4.78 is 0. The van der Waals surface area contributed by atoms with E-state index in [0.717, 1.165) is 30.4 Å². The summed E-state index contributed by atoms with van der Waals surface area (Å²) in [6.45, 7) is 2.08. The predicted octanol–water partition coefficient (Wildman–Crippen LogP) is 3.86. The zero-order valence-electron chi connectivity index (χ0n) is 11.2. The Bertz CT molecular complexity index is 567. The normalized spacial score (nSPS) is 15.2. The van der Waals surface area contributed by atoms with Crippen LogP contribution in [0.4, 0.5) is 17.3 Å². The lowest BCUT2D eigenvalue weighted by atomic mass is 10.1. The van der Waals surface area contributed by atoms with E-state index in [-0.39, 0.29) is 5.28 Å². The molecule has 0 amide bonds. The number of anilines is 3. The lowest BCUT2D eigenvalue weighted by molar-refractivity contribution is 0.573. The van der Waals surface area contributed by atoms with Crippen LogP contribution < -0.4 is 10.2 Å². The molecule has 0 aliphatic carbocycles. The van der Waals surface area contributed by atoms with Crippen molar-refractivity contribution in [2.24, 2.45) is 0 Å². The Hall–Kier alpha value is -1.81. The van der Waals surface area contributed by atoms with Gasteiger partial charge in [-0.2, -0.15) is 0 Å². The molecule has 104 valence electrons. The molecule has 0 atom stereocenters. The van der Waals surface area contributed by atoms with Crippen molar-refractivity contribution in [2.75, 3.05) is 23.3 Å². The summed E-state index contributed by atoms with van der Waals surface area (Å²) in [5.41, 5.74) is 0.992. The number of nitrogens with one attached hydrogen (secondary N) is 1. The fourth-order valence-corrected chi connectivity index (χ4v) is 2.60. The lowest BCUT2D eigenvalue weighted by Gasteiger charge is -2.27. The van der Waals surface area contributed by atoms with Gasteiger partial charge in [0.25, 0.3) is 0 Å². The van der Waals surface area contributed by atoms with Crippen LogP contribution in [-0.4, -0.2) is 23.1 Å². The highest BCUT2D eigenvalue weighted by Crippen LogP contribution is 2.23. The fraction of sp³-hybridized carbons (Fsp3) is 0.333. The van der Waals surface area contributed by atoms with Crippen LogP contribution in [0.1, 0.15) is 19.3 Å². The molecular formula is C15H17ClN4. The van der Waals surface area contributed by atoms with E-state index in [4.69, 9.17) is 11.6 Å². The number of rotatable bonds is 3. The second-order valence-electron chi connectivity index (χ2n) is 4.92. The summed E-state index contributed by atoms with van der Waals surface area (Å²) in [5.74, 6) is 1.64. The van der Waals surface area contributed by atoms with Gasteiger partial charge in [0.2, 0.25) is 5.28 Å². The number of hydrogen-bond acceptors (Lipinski definition) is 4. The van der Waals surface area contributed by atoms with Crippen molar-refractivity contribution in [1.29, 1.82) is 0 Å². The van der Waals surface area contributed by atoms with Gasteiger partial charge in [-0.05, 0) is 43.0 Å². The number of piperidine rings is 1. The van der Waals surface area contributed by atoms with Crippen LogP contribution >= 0.6 is 11.6 Å². The van der Waals surface area contributed by atoms with Gasteiger partial charge < -0.3 is 10.2 Å². The van der Waals surface area contributed by atoms with E-state index >= 15 is 0 Å². The Morgan fingerprint density at radius 2 is 1.75 bits per heavy atom. The van der Waals surface area contributed by atoms with Gasteiger partial charge in [-0.3, -0.25) is 0 Å². The van der Waals surface area contributed by atoms with Crippen molar-refractivity contribution in [3.8, 4) is 0 Å². The van der Waals surface area contributed by atoms with E-state index in [1.54, 1.807) is 0 Å². The SMILES string of the molecule is Clc1nc(Nc2ccccc2)cc(N2CCCCC2)n1. The molecule has 1 aliphatic heterocycles. The summed E-state index contributed by atoms with van der Waals surface area (Å²) in [6, 6.07) is 11.9. The maximum atomic E-state index is 6.05. The van der Waals surface area contributed by atoms with Gasteiger partial charge in [0.15, 0.2) is 0 Å². The molecule has 5 heteroatoms. The van der Waals surface area contributed by atoms with E-state index in [1.165, 1.54) is 19.3 Å². The monoisotopic (exact) mass is 288 g/mol. The third-order valence-electron chi connectivity index (χ3n) is 3.41. The van der Waals surface area contributed by atoms with Gasteiger partial charge in [-0.1, -0.05) is 18.2 Å². The molecule has 4 nitrogen and oxygen atoms in total. The quantitative estimate of drug-likeness (QED) is 0.871. The Morgan fingerprint density at radius 3 is 2.50 bits per heavy atom. The number of nitrogens with zero attached hydrogens (tertiary/aromatic N) is 3. The molecule has 2 heterocycles. The van der Waals surface area contributed by atoms with E-state index in [9.17, 15) is 0 Å². The van der Waals surface area contributed by atoms with Crippen molar-refractivity contribution < 1.29 is 0 Å². The van der Waals surface area contributed by atoms with Crippen molar-refractivity contribution in [3.05, 3.63) is 41.7 Å². The summed E-state index contributed by atoms with van der Waals surface area (Å²) in [4.78, 5) is 10.9. The second kappa shape index (κ2) is 6.09. The molecule has 3 rings (SSSR count). The molecule has 0 radical (unpaired) electrons. The predicted molar refractivity (Wildman–Crippen MR) is 82.8 cm³/mol. The minimum absolute atomic E-state index is 0.284. The van der Waals surface area contributed by atoms with E-state index in [2.05, 4.69) is 20.2 Å². The number of halogens is 1. The van der Waals surface area contributed by atoms with Crippen molar-refractivity contribution in [3.63, 3.8) is 0 Å². The Balaban J connectivity index is 1.82. The zero-order valence-corrected chi connectivity index (χ0v) is 12.0. The summed E-state index contributed by atoms with van der Waals surface area (Å²) in [7, 11) is 0. The largest absolute Gasteiger partial charge is 0.356 e. The summed E-state index contributed by atoms with van der Waals surface area (Å²) >= 11 is 6.05. The minimum Gasteiger partial charge on any atom is -0.356 e. The van der Waals surface area contributed by atoms with Gasteiger partial charge in [-0.15, -0.1) is 0 Å². The molecule has 0 unspecified atom stereocenters. The van der Waals surface area contributed by atoms with Gasteiger partial charge in [-0.25, -0.2) is 9.97 Å². The van der Waals surface area contributed by atoms with Crippen LogP contribution in [0.5, 0.6) is 0 Å². The number of aromatic nitrogens is 2. The Morgan fingerprint density at radius 1 is 1.00 bits per heavy atom. The van der Waals surface area contributed by atoms with Crippen LogP contribution in [0.25, 0.3) is 0 Å². The van der Waals surface area contributed by atoms with E-state index in [1.807, 2.05) is 36.4 Å². The zero-order chi connectivity index (χ0) is 13.8. The summed E-state index contributed by atoms with van der Waals surface area (Å²) in [5, 5.41) is 3.55. The smallest absolute Gasteiger partial charge is 0.226 e. The van der Waals surface area contributed by atoms with E-state index in [0.29, 0.717) is 0 Å². The van der Waals surface area contributed by atoms with Crippen LogP contribution in [0.2, 0.25) is 5.28 Å². The highest BCUT2D eigenvalue weighted by molar-refractivity contribution is 6.28. The molecule has 1 aromatic carbocycles. The van der Waals surface area contributed by atoms with Crippen molar-refractivity contribution >= 4 is 28.9 Å². The Labute approximate surface area is 123 Å². The van der Waals surface area contributed by atoms with Crippen LogP contribution in [0.3, 0.4) is 0 Å². The molecule has 1 N–H and O–H groups in total. The average Bonchev–Trinajstić information content (AvgIpc) is 2.49. The van der Waals surface area contributed by atoms with Crippen LogP contribution in [0, 0.1) is 0 Å².